The van der Waals surface area contributed by atoms with Gasteiger partial charge in [0.05, 0.1) is 7.11 Å². The quantitative estimate of drug-likeness (QED) is 0.554. The fourth-order valence-corrected chi connectivity index (χ4v) is 1.41. The van der Waals surface area contributed by atoms with Crippen LogP contribution in [0.2, 0.25) is 0 Å². The molecule has 1 aromatic heterocycles. The Balaban J connectivity index is 2.21. The molecule has 0 spiro atoms. The molecule has 0 fully saturated rings. The minimum absolute atomic E-state index is 0.0897. The molecule has 17 heavy (non-hydrogen) atoms. The molecule has 4 nitrogen and oxygen atoms in total. The summed E-state index contributed by atoms with van der Waals surface area (Å²) in [4.78, 5) is 15.1. The van der Waals surface area contributed by atoms with E-state index < -0.39 is 0 Å². The molecule has 0 aliphatic carbocycles. The molecule has 0 aliphatic heterocycles. The molecule has 0 N–H and O–H groups in total. The average molecular weight is 229 g/mol. The maximum Gasteiger partial charge on any atom is 0.317 e. The molecule has 0 saturated heterocycles. The molecule has 0 amide bonds. The highest BCUT2D eigenvalue weighted by Gasteiger charge is 2.01. The second-order valence-electron chi connectivity index (χ2n) is 3.47. The summed E-state index contributed by atoms with van der Waals surface area (Å²) in [6.07, 6.45) is 0.0897. The van der Waals surface area contributed by atoms with Crippen molar-refractivity contribution >= 4 is 17.1 Å². The molecular formula is C13H11NO3. The highest BCUT2D eigenvalue weighted by atomic mass is 16.5. The van der Waals surface area contributed by atoms with Crippen molar-refractivity contribution in [2.24, 2.45) is 0 Å². The van der Waals surface area contributed by atoms with Gasteiger partial charge in [0.25, 0.3) is 0 Å². The van der Waals surface area contributed by atoms with Gasteiger partial charge in [0.15, 0.2) is 11.5 Å². The van der Waals surface area contributed by atoms with Crippen LogP contribution in [0, 0.1) is 18.8 Å². The number of ether oxygens (including phenoxy) is 1. The van der Waals surface area contributed by atoms with Crippen molar-refractivity contribution in [1.29, 1.82) is 0 Å². The normalized spacial score (nSPS) is 9.76. The molecule has 0 atom stereocenters. The van der Waals surface area contributed by atoms with Gasteiger partial charge in [-0.25, -0.2) is 4.98 Å². The number of oxazole rings is 1. The van der Waals surface area contributed by atoms with E-state index in [1.54, 1.807) is 6.92 Å². The predicted molar refractivity (Wildman–Crippen MR) is 62.3 cm³/mol. The molecule has 0 radical (unpaired) electrons. The first kappa shape index (κ1) is 11.2. The smallest absolute Gasteiger partial charge is 0.317 e. The second-order valence-corrected chi connectivity index (χ2v) is 3.47. The number of esters is 1. The first-order valence-electron chi connectivity index (χ1n) is 5.12. The number of rotatable bonds is 1. The number of nitrogens with zero attached hydrogens (tertiary/aromatic N) is 1. The molecule has 0 unspecified atom stereocenters. The van der Waals surface area contributed by atoms with Crippen molar-refractivity contribution in [1.82, 2.24) is 4.98 Å². The average Bonchev–Trinajstić information content (AvgIpc) is 2.68. The summed E-state index contributed by atoms with van der Waals surface area (Å²) in [6.45, 7) is 1.79. The van der Waals surface area contributed by atoms with Gasteiger partial charge in [-0.3, -0.25) is 4.79 Å². The fraction of sp³-hybridized carbons (Fsp3) is 0.231. The lowest BCUT2D eigenvalue weighted by Gasteiger charge is -1.90. The summed E-state index contributed by atoms with van der Waals surface area (Å²) in [5.74, 6) is 5.91. The van der Waals surface area contributed by atoms with Crippen molar-refractivity contribution in [3.8, 4) is 11.8 Å². The van der Waals surface area contributed by atoms with Gasteiger partial charge in [-0.05, 0) is 18.2 Å². The first-order valence-corrected chi connectivity index (χ1v) is 5.12. The molecular weight excluding hydrogens is 218 g/mol. The van der Waals surface area contributed by atoms with Crippen LogP contribution in [-0.2, 0) is 9.53 Å². The Morgan fingerprint density at radius 3 is 3.12 bits per heavy atom. The van der Waals surface area contributed by atoms with E-state index in [1.807, 2.05) is 18.2 Å². The van der Waals surface area contributed by atoms with Gasteiger partial charge in [-0.1, -0.05) is 11.8 Å². The minimum atomic E-state index is -0.337. The van der Waals surface area contributed by atoms with Crippen LogP contribution in [0.1, 0.15) is 17.9 Å². The van der Waals surface area contributed by atoms with Crippen molar-refractivity contribution in [3.05, 3.63) is 29.7 Å². The van der Waals surface area contributed by atoms with Gasteiger partial charge >= 0.3 is 5.97 Å². The molecule has 2 aromatic rings. The van der Waals surface area contributed by atoms with E-state index in [4.69, 9.17) is 4.42 Å². The third-order valence-electron chi connectivity index (χ3n) is 2.19. The lowest BCUT2D eigenvalue weighted by molar-refractivity contribution is -0.139. The standard InChI is InChI=1S/C13H11NO3/c1-9-14-11-8-10(6-7-12(11)17-9)4-3-5-13(15)16-2/h6-8H,5H2,1-2H3. The molecule has 1 aromatic carbocycles. The first-order chi connectivity index (χ1) is 8.19. The van der Waals surface area contributed by atoms with Crippen LogP contribution >= 0.6 is 0 Å². The lowest BCUT2D eigenvalue weighted by Crippen LogP contribution is -1.96. The maximum absolute atomic E-state index is 10.9. The Labute approximate surface area is 98.6 Å². The van der Waals surface area contributed by atoms with Crippen LogP contribution in [0.4, 0.5) is 0 Å². The van der Waals surface area contributed by atoms with Gasteiger partial charge in [-0.15, -0.1) is 0 Å². The van der Waals surface area contributed by atoms with Gasteiger partial charge in [-0.2, -0.15) is 0 Å². The van der Waals surface area contributed by atoms with Crippen molar-refractivity contribution < 1.29 is 13.9 Å². The summed E-state index contributed by atoms with van der Waals surface area (Å²) in [6, 6.07) is 5.48. The molecule has 1 heterocycles. The zero-order chi connectivity index (χ0) is 12.3. The predicted octanol–water partition coefficient (Wildman–Crippen LogP) is 2.05. The number of aryl methyl sites for hydroxylation is 1. The zero-order valence-corrected chi connectivity index (χ0v) is 9.61. The molecule has 0 aliphatic rings. The largest absolute Gasteiger partial charge is 0.468 e. The highest BCUT2D eigenvalue weighted by Crippen LogP contribution is 2.16. The number of carbonyl (C=O) groups excluding carboxylic acids is 1. The van der Waals surface area contributed by atoms with Crippen LogP contribution in [-0.4, -0.2) is 18.1 Å². The number of hydrogen-bond donors (Lipinski definition) is 0. The van der Waals surface area contributed by atoms with Crippen LogP contribution in [0.3, 0.4) is 0 Å². The fourth-order valence-electron chi connectivity index (χ4n) is 1.41. The third-order valence-corrected chi connectivity index (χ3v) is 2.19. The Hall–Kier alpha value is -2.28. The SMILES string of the molecule is COC(=O)CC#Cc1ccc2oc(C)nc2c1. The van der Waals surface area contributed by atoms with Crippen molar-refractivity contribution in [3.63, 3.8) is 0 Å². The van der Waals surface area contributed by atoms with Crippen molar-refractivity contribution in [2.75, 3.05) is 7.11 Å². The maximum atomic E-state index is 10.9. The van der Waals surface area contributed by atoms with Gasteiger partial charge in [0.2, 0.25) is 0 Å². The number of aromatic nitrogens is 1. The van der Waals surface area contributed by atoms with Crippen LogP contribution in [0.25, 0.3) is 11.1 Å². The number of hydrogen-bond acceptors (Lipinski definition) is 4. The van der Waals surface area contributed by atoms with Crippen LogP contribution < -0.4 is 0 Å². The zero-order valence-electron chi connectivity index (χ0n) is 9.61. The Kier molecular flexibility index (Phi) is 3.10. The van der Waals surface area contributed by atoms with E-state index in [2.05, 4.69) is 21.6 Å². The Morgan fingerprint density at radius 1 is 1.53 bits per heavy atom. The van der Waals surface area contributed by atoms with Crippen LogP contribution in [0.15, 0.2) is 22.6 Å². The summed E-state index contributed by atoms with van der Waals surface area (Å²) in [7, 11) is 1.34. The van der Waals surface area contributed by atoms with E-state index >= 15 is 0 Å². The van der Waals surface area contributed by atoms with E-state index in [-0.39, 0.29) is 12.4 Å². The van der Waals surface area contributed by atoms with E-state index in [9.17, 15) is 4.79 Å². The highest BCUT2D eigenvalue weighted by molar-refractivity contribution is 5.75. The number of carbonyl (C=O) groups is 1. The third kappa shape index (κ3) is 2.64. The summed E-state index contributed by atoms with van der Waals surface area (Å²) in [5, 5.41) is 0. The van der Waals surface area contributed by atoms with E-state index in [0.29, 0.717) is 5.89 Å². The Bertz CT molecular complexity index is 616. The van der Waals surface area contributed by atoms with Gasteiger partial charge in [0.1, 0.15) is 11.9 Å². The molecule has 0 bridgehead atoms. The lowest BCUT2D eigenvalue weighted by atomic mass is 10.2. The number of benzene rings is 1. The summed E-state index contributed by atoms with van der Waals surface area (Å²) in [5.41, 5.74) is 2.31. The topological polar surface area (TPSA) is 52.3 Å². The van der Waals surface area contributed by atoms with Gasteiger partial charge < -0.3 is 9.15 Å². The van der Waals surface area contributed by atoms with E-state index in [0.717, 1.165) is 16.7 Å². The number of fused-ring (bicyclic) bond motifs is 1. The molecule has 86 valence electrons. The minimum Gasteiger partial charge on any atom is -0.468 e. The monoisotopic (exact) mass is 229 g/mol. The Morgan fingerprint density at radius 2 is 2.35 bits per heavy atom. The molecule has 2 rings (SSSR count). The van der Waals surface area contributed by atoms with Crippen molar-refractivity contribution in [2.45, 2.75) is 13.3 Å². The van der Waals surface area contributed by atoms with Gasteiger partial charge in [0, 0.05) is 12.5 Å². The number of methoxy groups -OCH3 is 1. The summed E-state index contributed by atoms with van der Waals surface area (Å²) >= 11 is 0. The van der Waals surface area contributed by atoms with Crippen LogP contribution in [0.5, 0.6) is 0 Å². The molecule has 4 heteroatoms. The van der Waals surface area contributed by atoms with E-state index in [1.165, 1.54) is 7.11 Å². The second kappa shape index (κ2) is 4.71. The summed E-state index contributed by atoms with van der Waals surface area (Å²) < 4.78 is 9.84. The molecule has 0 saturated carbocycles.